The van der Waals surface area contributed by atoms with Crippen molar-refractivity contribution in [3.05, 3.63) is 194 Å². The highest BCUT2D eigenvalue weighted by Crippen LogP contribution is 2.48. The first-order valence-electron chi connectivity index (χ1n) is 19.9. The molecule has 0 radical (unpaired) electrons. The van der Waals surface area contributed by atoms with Crippen molar-refractivity contribution in [2.45, 2.75) is 0 Å². The van der Waals surface area contributed by atoms with Crippen LogP contribution in [-0.4, -0.2) is 0 Å². The molecule has 0 fully saturated rings. The molecule has 2 heteroatoms. The summed E-state index contributed by atoms with van der Waals surface area (Å²) >= 11 is 0. The lowest BCUT2D eigenvalue weighted by atomic mass is 9.83. The van der Waals surface area contributed by atoms with Crippen LogP contribution in [0.4, 0.5) is 0 Å². The summed E-state index contributed by atoms with van der Waals surface area (Å²) in [4.78, 5) is 0. The lowest BCUT2D eigenvalue weighted by Crippen LogP contribution is -1.93. The third-order valence-electron chi connectivity index (χ3n) is 12.4. The van der Waals surface area contributed by atoms with Gasteiger partial charge in [0, 0.05) is 21.5 Å². The van der Waals surface area contributed by atoms with E-state index in [2.05, 4.69) is 182 Å². The maximum Gasteiger partial charge on any atom is 0.178 e. The van der Waals surface area contributed by atoms with Crippen LogP contribution in [0.25, 0.3) is 131 Å². The molecular weight excluding hydrogens is 705 g/mol. The van der Waals surface area contributed by atoms with Gasteiger partial charge in [0.25, 0.3) is 0 Å². The lowest BCUT2D eigenvalue weighted by Gasteiger charge is -2.20. The van der Waals surface area contributed by atoms with Gasteiger partial charge in [-0.05, 0) is 124 Å². The maximum atomic E-state index is 6.55. The number of para-hydroxylation sites is 1. The van der Waals surface area contributed by atoms with E-state index in [1.165, 1.54) is 81.9 Å². The monoisotopic (exact) mass is 736 g/mol. The Kier molecular flexibility index (Phi) is 6.47. The zero-order chi connectivity index (χ0) is 37.9. The Balaban J connectivity index is 1.01. The molecule has 0 saturated carbocycles. The molecule has 0 saturated heterocycles. The first-order valence-corrected chi connectivity index (χ1v) is 19.9. The summed E-state index contributed by atoms with van der Waals surface area (Å²) in [6, 6.07) is 70.7. The van der Waals surface area contributed by atoms with Gasteiger partial charge in [0.2, 0.25) is 0 Å². The van der Waals surface area contributed by atoms with E-state index in [0.717, 1.165) is 49.3 Å². The van der Waals surface area contributed by atoms with Crippen molar-refractivity contribution in [3.63, 3.8) is 0 Å². The molecule has 0 bridgehead atoms. The summed E-state index contributed by atoms with van der Waals surface area (Å²) in [6.45, 7) is 0. The van der Waals surface area contributed by atoms with Crippen LogP contribution < -0.4 is 0 Å². The van der Waals surface area contributed by atoms with Crippen LogP contribution in [0, 0.1) is 0 Å². The summed E-state index contributed by atoms with van der Waals surface area (Å²) < 4.78 is 12.9. The predicted molar refractivity (Wildman–Crippen MR) is 245 cm³/mol. The number of furan rings is 2. The van der Waals surface area contributed by atoms with Crippen molar-refractivity contribution in [1.82, 2.24) is 0 Å². The zero-order valence-electron chi connectivity index (χ0n) is 31.3. The van der Waals surface area contributed by atoms with E-state index in [1.807, 2.05) is 12.1 Å². The summed E-state index contributed by atoms with van der Waals surface area (Å²) in [5.74, 6) is 0. The second-order valence-electron chi connectivity index (χ2n) is 15.5. The van der Waals surface area contributed by atoms with E-state index in [0.29, 0.717) is 0 Å². The molecule has 13 aromatic rings. The normalized spacial score (nSPS) is 12.1. The van der Waals surface area contributed by atoms with Crippen molar-refractivity contribution in [2.75, 3.05) is 0 Å². The van der Waals surface area contributed by atoms with Crippen LogP contribution in [0.15, 0.2) is 203 Å². The van der Waals surface area contributed by atoms with Crippen LogP contribution in [-0.2, 0) is 0 Å². The van der Waals surface area contributed by atoms with E-state index in [9.17, 15) is 0 Å². The van der Waals surface area contributed by atoms with Crippen molar-refractivity contribution < 1.29 is 8.83 Å². The molecule has 0 spiro atoms. The lowest BCUT2D eigenvalue weighted by molar-refractivity contribution is 0.633. The van der Waals surface area contributed by atoms with E-state index in [1.54, 1.807) is 0 Å². The minimum atomic E-state index is 0.797. The Morgan fingerprint density at radius 2 is 0.759 bits per heavy atom. The number of rotatable bonds is 3. The predicted octanol–water partition coefficient (Wildman–Crippen LogP) is 16.3. The molecule has 2 aromatic heterocycles. The summed E-state index contributed by atoms with van der Waals surface area (Å²) in [7, 11) is 0. The van der Waals surface area contributed by atoms with Gasteiger partial charge >= 0.3 is 0 Å². The van der Waals surface area contributed by atoms with Gasteiger partial charge in [-0.2, -0.15) is 0 Å². The second-order valence-corrected chi connectivity index (χ2v) is 15.5. The highest BCUT2D eigenvalue weighted by Gasteiger charge is 2.21. The average Bonchev–Trinajstić information content (AvgIpc) is 3.85. The molecule has 0 amide bonds. The minimum absolute atomic E-state index is 0.797. The molecular formula is C56H32O2. The molecule has 0 N–H and O–H groups in total. The average molecular weight is 737 g/mol. The quantitative estimate of drug-likeness (QED) is 0.169. The van der Waals surface area contributed by atoms with Gasteiger partial charge in [0.05, 0.1) is 0 Å². The van der Waals surface area contributed by atoms with Crippen molar-refractivity contribution in [2.24, 2.45) is 0 Å². The standard InChI is InChI=1S/C56H32O2/c1-2-14-37-33(12-1)13-11-22-42(37)53-43-18-5-7-20-45(43)54(46-21-8-6-19-44(46)53)47-27-26-38(39-15-3-4-16-40(39)47)35-25-24-34-32-52-50(31-36(34)30-35)49-29-28-48-41-17-9-10-23-51(41)57-55(48)56(49)58-52/h1-32H. The van der Waals surface area contributed by atoms with Gasteiger partial charge in [-0.1, -0.05) is 158 Å². The van der Waals surface area contributed by atoms with Crippen LogP contribution in [0.1, 0.15) is 0 Å². The summed E-state index contributed by atoms with van der Waals surface area (Å²) in [5.41, 5.74) is 10.8. The highest BCUT2D eigenvalue weighted by molar-refractivity contribution is 6.26. The largest absolute Gasteiger partial charge is 0.452 e. The van der Waals surface area contributed by atoms with Crippen LogP contribution in [0.2, 0.25) is 0 Å². The van der Waals surface area contributed by atoms with Crippen LogP contribution in [0.3, 0.4) is 0 Å². The van der Waals surface area contributed by atoms with E-state index in [4.69, 9.17) is 8.83 Å². The van der Waals surface area contributed by atoms with Gasteiger partial charge in [-0.3, -0.25) is 0 Å². The molecule has 13 rings (SSSR count). The molecule has 2 nitrogen and oxygen atoms in total. The fourth-order valence-electron chi connectivity index (χ4n) is 9.85. The van der Waals surface area contributed by atoms with E-state index in [-0.39, 0.29) is 0 Å². The fourth-order valence-corrected chi connectivity index (χ4v) is 9.85. The molecule has 0 atom stereocenters. The minimum Gasteiger partial charge on any atom is -0.452 e. The first kappa shape index (κ1) is 31.5. The van der Waals surface area contributed by atoms with Crippen molar-refractivity contribution in [1.29, 1.82) is 0 Å². The molecule has 0 aliphatic heterocycles. The van der Waals surface area contributed by atoms with Gasteiger partial charge in [0.15, 0.2) is 11.2 Å². The number of hydrogen-bond donors (Lipinski definition) is 0. The molecule has 0 aliphatic rings. The topological polar surface area (TPSA) is 26.3 Å². The summed E-state index contributed by atoms with van der Waals surface area (Å²) in [5, 5.41) is 16.7. The van der Waals surface area contributed by atoms with Gasteiger partial charge in [-0.15, -0.1) is 0 Å². The molecule has 268 valence electrons. The molecule has 0 aliphatic carbocycles. The molecule has 58 heavy (non-hydrogen) atoms. The zero-order valence-corrected chi connectivity index (χ0v) is 31.3. The van der Waals surface area contributed by atoms with E-state index >= 15 is 0 Å². The number of benzene rings is 11. The van der Waals surface area contributed by atoms with E-state index < -0.39 is 0 Å². The molecule has 11 aromatic carbocycles. The van der Waals surface area contributed by atoms with Gasteiger partial charge in [0.1, 0.15) is 11.2 Å². The smallest absolute Gasteiger partial charge is 0.178 e. The Bertz CT molecular complexity index is 3800. The summed E-state index contributed by atoms with van der Waals surface area (Å²) in [6.07, 6.45) is 0. The molecule has 0 unspecified atom stereocenters. The Morgan fingerprint density at radius 3 is 1.47 bits per heavy atom. The second kappa shape index (κ2) is 11.9. The third-order valence-corrected chi connectivity index (χ3v) is 12.4. The van der Waals surface area contributed by atoms with Crippen LogP contribution in [0.5, 0.6) is 0 Å². The number of hydrogen-bond acceptors (Lipinski definition) is 2. The Morgan fingerprint density at radius 1 is 0.241 bits per heavy atom. The fraction of sp³-hybridized carbons (Fsp3) is 0. The number of fused-ring (bicyclic) bond motifs is 12. The van der Waals surface area contributed by atoms with Gasteiger partial charge < -0.3 is 8.83 Å². The maximum absolute atomic E-state index is 6.55. The highest BCUT2D eigenvalue weighted by atomic mass is 16.4. The molecule has 2 heterocycles. The van der Waals surface area contributed by atoms with Crippen molar-refractivity contribution in [3.8, 4) is 33.4 Å². The first-order chi connectivity index (χ1) is 28.8. The van der Waals surface area contributed by atoms with Crippen molar-refractivity contribution >= 4 is 97.7 Å². The Hall–Kier alpha value is -7.68. The Labute approximate surface area is 332 Å². The third kappa shape index (κ3) is 4.43. The van der Waals surface area contributed by atoms with Gasteiger partial charge in [-0.25, -0.2) is 0 Å². The SMILES string of the molecule is c1ccc2c(-c3c4ccccc4c(-c4ccc(-c5ccc6cc7oc8c(ccc9c%10ccccc%10oc98)c7cc6c5)c5ccccc45)c4ccccc34)cccc2c1. The van der Waals surface area contributed by atoms with Crippen LogP contribution >= 0.6 is 0 Å².